The Balaban J connectivity index is 2.57. The van der Waals surface area contributed by atoms with E-state index in [2.05, 4.69) is 9.71 Å². The number of imidazole rings is 1. The van der Waals surface area contributed by atoms with Crippen LogP contribution in [-0.4, -0.2) is 42.8 Å². The summed E-state index contributed by atoms with van der Waals surface area (Å²) < 4.78 is 31.5. The van der Waals surface area contributed by atoms with E-state index in [9.17, 15) is 13.2 Å². The highest BCUT2D eigenvalue weighted by molar-refractivity contribution is 7.89. The zero-order chi connectivity index (χ0) is 13.6. The first-order valence-electron chi connectivity index (χ1n) is 5.64. The van der Waals surface area contributed by atoms with Crippen LogP contribution in [0.15, 0.2) is 12.5 Å². The van der Waals surface area contributed by atoms with Crippen LogP contribution in [0.2, 0.25) is 0 Å². The summed E-state index contributed by atoms with van der Waals surface area (Å²) >= 11 is 0. The second kappa shape index (κ2) is 6.50. The fourth-order valence-electron chi connectivity index (χ4n) is 1.31. The summed E-state index contributed by atoms with van der Waals surface area (Å²) in [6.45, 7) is 4.30. The maximum Gasteiger partial charge on any atom is 0.358 e. The molecule has 1 N–H and O–H groups in total. The minimum Gasteiger partial charge on any atom is -0.461 e. The van der Waals surface area contributed by atoms with Crippen molar-refractivity contribution in [2.45, 2.75) is 20.4 Å². The van der Waals surface area contributed by atoms with Gasteiger partial charge < -0.3 is 9.30 Å². The highest BCUT2D eigenvalue weighted by atomic mass is 32.2. The molecule has 8 heteroatoms. The molecule has 0 spiro atoms. The van der Waals surface area contributed by atoms with E-state index < -0.39 is 16.0 Å². The van der Waals surface area contributed by atoms with Crippen molar-refractivity contribution in [3.8, 4) is 0 Å². The van der Waals surface area contributed by atoms with Crippen LogP contribution in [-0.2, 0) is 21.3 Å². The first kappa shape index (κ1) is 14.7. The van der Waals surface area contributed by atoms with E-state index in [1.807, 2.05) is 0 Å². The van der Waals surface area contributed by atoms with Crippen molar-refractivity contribution < 1.29 is 17.9 Å². The number of sulfonamides is 1. The summed E-state index contributed by atoms with van der Waals surface area (Å²) in [5, 5.41) is 0. The van der Waals surface area contributed by atoms with Crippen molar-refractivity contribution in [2.24, 2.45) is 0 Å². The Hall–Kier alpha value is -1.41. The van der Waals surface area contributed by atoms with Crippen molar-refractivity contribution in [3.63, 3.8) is 0 Å². The summed E-state index contributed by atoms with van der Waals surface area (Å²) in [4.78, 5) is 15.2. The van der Waals surface area contributed by atoms with Gasteiger partial charge in [-0.2, -0.15) is 0 Å². The van der Waals surface area contributed by atoms with Crippen molar-refractivity contribution in [1.29, 1.82) is 0 Å². The van der Waals surface area contributed by atoms with Gasteiger partial charge in [-0.1, -0.05) is 6.92 Å². The average molecular weight is 275 g/mol. The van der Waals surface area contributed by atoms with E-state index in [1.54, 1.807) is 18.4 Å². The third-order valence-corrected chi connectivity index (χ3v) is 3.55. The predicted octanol–water partition coefficient (Wildman–Crippen LogP) is -0.000900. The van der Waals surface area contributed by atoms with Gasteiger partial charge >= 0.3 is 5.97 Å². The van der Waals surface area contributed by atoms with Crippen LogP contribution in [0.3, 0.4) is 0 Å². The number of carbonyl (C=O) groups is 1. The molecular formula is C10H17N3O4S. The molecule has 0 bridgehead atoms. The Labute approximate surface area is 106 Å². The van der Waals surface area contributed by atoms with Gasteiger partial charge in [0.1, 0.15) is 0 Å². The second-order valence-electron chi connectivity index (χ2n) is 3.53. The van der Waals surface area contributed by atoms with E-state index >= 15 is 0 Å². The molecule has 0 saturated heterocycles. The lowest BCUT2D eigenvalue weighted by molar-refractivity contribution is 0.0520. The quantitative estimate of drug-likeness (QED) is 0.707. The summed E-state index contributed by atoms with van der Waals surface area (Å²) in [6.07, 6.45) is 2.88. The molecule has 0 aliphatic carbocycles. The van der Waals surface area contributed by atoms with E-state index in [-0.39, 0.29) is 24.6 Å². The van der Waals surface area contributed by atoms with Crippen LogP contribution in [0.25, 0.3) is 0 Å². The summed E-state index contributed by atoms with van der Waals surface area (Å²) in [6, 6.07) is 0. The van der Waals surface area contributed by atoms with Gasteiger partial charge in [-0.15, -0.1) is 0 Å². The topological polar surface area (TPSA) is 90.3 Å². The third-order valence-electron chi connectivity index (χ3n) is 2.10. The number of esters is 1. The lowest BCUT2D eigenvalue weighted by Gasteiger charge is -2.04. The molecule has 0 radical (unpaired) electrons. The number of hydrogen-bond acceptors (Lipinski definition) is 5. The van der Waals surface area contributed by atoms with Gasteiger partial charge in [-0.05, 0) is 6.92 Å². The molecule has 0 aliphatic rings. The molecule has 102 valence electrons. The van der Waals surface area contributed by atoms with Gasteiger partial charge in [0, 0.05) is 19.3 Å². The SMILES string of the molecule is CCNS(=O)(=O)CCn1cnc(C(=O)OCC)c1. The second-order valence-corrected chi connectivity index (χ2v) is 5.46. The average Bonchev–Trinajstić information content (AvgIpc) is 2.75. The molecule has 18 heavy (non-hydrogen) atoms. The summed E-state index contributed by atoms with van der Waals surface area (Å²) in [5.41, 5.74) is 0.178. The number of hydrogen-bond donors (Lipinski definition) is 1. The number of aromatic nitrogens is 2. The molecular weight excluding hydrogens is 258 g/mol. The molecule has 0 atom stereocenters. The zero-order valence-electron chi connectivity index (χ0n) is 10.4. The number of nitrogens with one attached hydrogen (secondary N) is 1. The van der Waals surface area contributed by atoms with Gasteiger partial charge in [0.25, 0.3) is 0 Å². The molecule has 0 aromatic carbocycles. The Kier molecular flexibility index (Phi) is 5.29. The first-order valence-corrected chi connectivity index (χ1v) is 7.30. The highest BCUT2D eigenvalue weighted by Crippen LogP contribution is 2.00. The standard InChI is InChI=1S/C10H17N3O4S/c1-3-12-18(15,16)6-5-13-7-9(11-8-13)10(14)17-4-2/h7-8,12H,3-6H2,1-2H3. The molecule has 0 saturated carbocycles. The number of aryl methyl sites for hydroxylation is 1. The molecule has 1 aromatic rings. The van der Waals surface area contributed by atoms with E-state index in [0.29, 0.717) is 6.54 Å². The minimum absolute atomic E-state index is 0.0561. The lowest BCUT2D eigenvalue weighted by Crippen LogP contribution is -2.27. The van der Waals surface area contributed by atoms with Gasteiger partial charge in [-0.3, -0.25) is 0 Å². The van der Waals surface area contributed by atoms with Gasteiger partial charge in [0.05, 0.1) is 18.7 Å². The van der Waals surface area contributed by atoms with Crippen molar-refractivity contribution >= 4 is 16.0 Å². The molecule has 0 fully saturated rings. The maximum absolute atomic E-state index is 11.4. The smallest absolute Gasteiger partial charge is 0.358 e. The van der Waals surface area contributed by atoms with E-state index in [0.717, 1.165) is 0 Å². The predicted molar refractivity (Wildman–Crippen MR) is 65.6 cm³/mol. The fourth-order valence-corrected chi connectivity index (χ4v) is 2.35. The van der Waals surface area contributed by atoms with Crippen LogP contribution in [0.4, 0.5) is 0 Å². The molecule has 0 aliphatic heterocycles. The Bertz CT molecular complexity index is 495. The van der Waals surface area contributed by atoms with E-state index in [4.69, 9.17) is 4.74 Å². The molecule has 1 heterocycles. The third kappa shape index (κ3) is 4.46. The Morgan fingerprint density at radius 2 is 2.22 bits per heavy atom. The normalized spacial score (nSPS) is 11.4. The molecule has 1 aromatic heterocycles. The lowest BCUT2D eigenvalue weighted by atomic mass is 10.5. The highest BCUT2D eigenvalue weighted by Gasteiger charge is 2.12. The number of rotatable bonds is 7. The first-order chi connectivity index (χ1) is 8.48. The fraction of sp³-hybridized carbons (Fsp3) is 0.600. The van der Waals surface area contributed by atoms with Crippen molar-refractivity contribution in [3.05, 3.63) is 18.2 Å². The van der Waals surface area contributed by atoms with Gasteiger partial charge in [0.15, 0.2) is 5.69 Å². The van der Waals surface area contributed by atoms with Crippen LogP contribution < -0.4 is 4.72 Å². The molecule has 0 amide bonds. The number of ether oxygens (including phenoxy) is 1. The number of nitrogens with zero attached hydrogens (tertiary/aromatic N) is 2. The van der Waals surface area contributed by atoms with Gasteiger partial charge in [-0.25, -0.2) is 22.9 Å². The number of carbonyl (C=O) groups excluding carboxylic acids is 1. The largest absolute Gasteiger partial charge is 0.461 e. The molecule has 1 rings (SSSR count). The minimum atomic E-state index is -3.27. The maximum atomic E-state index is 11.4. The summed E-state index contributed by atoms with van der Waals surface area (Å²) in [7, 11) is -3.27. The van der Waals surface area contributed by atoms with Crippen LogP contribution >= 0.6 is 0 Å². The van der Waals surface area contributed by atoms with Crippen LogP contribution in [0.5, 0.6) is 0 Å². The van der Waals surface area contributed by atoms with Crippen LogP contribution in [0.1, 0.15) is 24.3 Å². The Morgan fingerprint density at radius 3 is 2.83 bits per heavy atom. The van der Waals surface area contributed by atoms with Gasteiger partial charge in [0.2, 0.25) is 10.0 Å². The van der Waals surface area contributed by atoms with Crippen molar-refractivity contribution in [1.82, 2.24) is 14.3 Å². The van der Waals surface area contributed by atoms with E-state index in [1.165, 1.54) is 12.5 Å². The van der Waals surface area contributed by atoms with Crippen molar-refractivity contribution in [2.75, 3.05) is 18.9 Å². The Morgan fingerprint density at radius 1 is 1.50 bits per heavy atom. The van der Waals surface area contributed by atoms with Crippen LogP contribution in [0, 0.1) is 0 Å². The molecule has 7 nitrogen and oxygen atoms in total. The monoisotopic (exact) mass is 275 g/mol. The molecule has 0 unspecified atom stereocenters. The zero-order valence-corrected chi connectivity index (χ0v) is 11.2. The summed E-state index contributed by atoms with van der Waals surface area (Å²) in [5.74, 6) is -0.565.